The van der Waals surface area contributed by atoms with Crippen LogP contribution < -0.4 is 5.32 Å². The fraction of sp³-hybridized carbons (Fsp3) is 0.875. The van der Waals surface area contributed by atoms with Gasteiger partial charge in [-0.1, -0.05) is 13.8 Å². The van der Waals surface area contributed by atoms with Gasteiger partial charge in [0.25, 0.3) is 0 Å². The molecule has 0 heterocycles. The fourth-order valence-corrected chi connectivity index (χ4v) is 0.921. The topological polar surface area (TPSA) is 49.3 Å². The third kappa shape index (κ3) is 2.89. The van der Waals surface area contributed by atoms with Crippen LogP contribution in [0.15, 0.2) is 0 Å². The van der Waals surface area contributed by atoms with Crippen LogP contribution in [0.25, 0.3) is 0 Å². The maximum absolute atomic E-state index is 10.5. The van der Waals surface area contributed by atoms with E-state index in [2.05, 4.69) is 5.32 Å². The van der Waals surface area contributed by atoms with Crippen LogP contribution in [-0.4, -0.2) is 24.2 Å². The summed E-state index contributed by atoms with van der Waals surface area (Å²) in [5.41, 5.74) is 0. The third-order valence-electron chi connectivity index (χ3n) is 2.42. The van der Waals surface area contributed by atoms with Crippen molar-refractivity contribution in [3.8, 4) is 0 Å². The summed E-state index contributed by atoms with van der Waals surface area (Å²) in [5.74, 6) is -0.838. The van der Waals surface area contributed by atoms with E-state index in [4.69, 9.17) is 5.11 Å². The Balaban J connectivity index is 4.00. The standard InChI is InChI=1S/C8H17NO2/c1-5(7(3)9-4)6(2)8(10)11/h5-7,9H,1-4H3,(H,10,11)/t5?,6-,7-/m0/s1. The second-order valence-corrected chi connectivity index (χ2v) is 3.06. The van der Waals surface area contributed by atoms with Crippen molar-refractivity contribution in [3.63, 3.8) is 0 Å². The molecular weight excluding hydrogens is 142 g/mol. The van der Waals surface area contributed by atoms with Gasteiger partial charge in [0.15, 0.2) is 0 Å². The molecule has 2 N–H and O–H groups in total. The van der Waals surface area contributed by atoms with E-state index in [1.54, 1.807) is 6.92 Å². The molecule has 0 saturated heterocycles. The lowest BCUT2D eigenvalue weighted by Gasteiger charge is -2.22. The molecule has 0 aliphatic heterocycles. The number of hydrogen-bond donors (Lipinski definition) is 2. The molecule has 66 valence electrons. The minimum absolute atomic E-state index is 0.164. The van der Waals surface area contributed by atoms with Gasteiger partial charge in [0, 0.05) is 6.04 Å². The molecule has 0 saturated carbocycles. The minimum Gasteiger partial charge on any atom is -0.481 e. The lowest BCUT2D eigenvalue weighted by atomic mass is 9.90. The van der Waals surface area contributed by atoms with Gasteiger partial charge < -0.3 is 10.4 Å². The van der Waals surface area contributed by atoms with Gasteiger partial charge in [-0.25, -0.2) is 0 Å². The van der Waals surface area contributed by atoms with Crippen molar-refractivity contribution in [1.29, 1.82) is 0 Å². The summed E-state index contributed by atoms with van der Waals surface area (Å²) in [6, 6.07) is 0.251. The quantitative estimate of drug-likeness (QED) is 0.642. The molecule has 0 aliphatic carbocycles. The predicted molar refractivity (Wildman–Crippen MR) is 44.5 cm³/mol. The Kier molecular flexibility index (Phi) is 4.11. The van der Waals surface area contributed by atoms with Gasteiger partial charge >= 0.3 is 5.97 Å². The van der Waals surface area contributed by atoms with Gasteiger partial charge in [-0.2, -0.15) is 0 Å². The number of hydrogen-bond acceptors (Lipinski definition) is 2. The van der Waals surface area contributed by atoms with Crippen molar-refractivity contribution < 1.29 is 9.90 Å². The van der Waals surface area contributed by atoms with Crippen molar-refractivity contribution in [1.82, 2.24) is 5.32 Å². The molecule has 0 aromatic carbocycles. The molecule has 0 amide bonds. The Hall–Kier alpha value is -0.570. The first-order chi connectivity index (χ1) is 5.00. The molecule has 0 spiro atoms. The van der Waals surface area contributed by atoms with E-state index in [9.17, 15) is 4.79 Å². The zero-order valence-electron chi connectivity index (χ0n) is 7.59. The van der Waals surface area contributed by atoms with Crippen LogP contribution in [0, 0.1) is 11.8 Å². The SMILES string of the molecule is CN[C@@H](C)C(C)[C@H](C)C(=O)O. The molecular formula is C8H17NO2. The lowest BCUT2D eigenvalue weighted by molar-refractivity contribution is -0.143. The smallest absolute Gasteiger partial charge is 0.306 e. The second-order valence-electron chi connectivity index (χ2n) is 3.06. The molecule has 1 unspecified atom stereocenters. The second kappa shape index (κ2) is 4.34. The van der Waals surface area contributed by atoms with Crippen LogP contribution in [0.4, 0.5) is 0 Å². The largest absolute Gasteiger partial charge is 0.481 e. The van der Waals surface area contributed by atoms with Crippen LogP contribution in [0.1, 0.15) is 20.8 Å². The van der Waals surface area contributed by atoms with Gasteiger partial charge in [-0.05, 0) is 19.9 Å². The highest BCUT2D eigenvalue weighted by Gasteiger charge is 2.23. The molecule has 0 radical (unpaired) electrons. The van der Waals surface area contributed by atoms with Crippen molar-refractivity contribution >= 4 is 5.97 Å². The minimum atomic E-state index is -0.723. The average Bonchev–Trinajstić information content (AvgIpc) is 2.00. The van der Waals surface area contributed by atoms with E-state index in [0.29, 0.717) is 0 Å². The van der Waals surface area contributed by atoms with E-state index in [0.717, 1.165) is 0 Å². The van der Waals surface area contributed by atoms with E-state index in [1.807, 2.05) is 20.9 Å². The average molecular weight is 159 g/mol. The summed E-state index contributed by atoms with van der Waals surface area (Å²) in [4.78, 5) is 10.5. The lowest BCUT2D eigenvalue weighted by Crippen LogP contribution is -2.35. The number of carboxylic acid groups (broad SMARTS) is 1. The molecule has 3 nitrogen and oxygen atoms in total. The van der Waals surface area contributed by atoms with E-state index in [-0.39, 0.29) is 17.9 Å². The van der Waals surface area contributed by atoms with Crippen molar-refractivity contribution in [2.24, 2.45) is 11.8 Å². The van der Waals surface area contributed by atoms with Crippen molar-refractivity contribution in [2.45, 2.75) is 26.8 Å². The first-order valence-electron chi connectivity index (χ1n) is 3.90. The molecule has 0 aliphatic rings. The van der Waals surface area contributed by atoms with Gasteiger partial charge in [-0.15, -0.1) is 0 Å². The first-order valence-corrected chi connectivity index (χ1v) is 3.90. The van der Waals surface area contributed by atoms with Crippen LogP contribution in [0.5, 0.6) is 0 Å². The summed E-state index contributed by atoms with van der Waals surface area (Å²) in [6.45, 7) is 5.67. The first kappa shape index (κ1) is 10.4. The zero-order chi connectivity index (χ0) is 9.02. The van der Waals surface area contributed by atoms with Gasteiger partial charge in [0.2, 0.25) is 0 Å². The number of nitrogens with one attached hydrogen (secondary N) is 1. The Morgan fingerprint density at radius 2 is 1.82 bits per heavy atom. The molecule has 3 atom stereocenters. The predicted octanol–water partition coefficient (Wildman–Crippen LogP) is 0.951. The van der Waals surface area contributed by atoms with E-state index >= 15 is 0 Å². The zero-order valence-corrected chi connectivity index (χ0v) is 7.59. The number of carboxylic acids is 1. The number of carbonyl (C=O) groups is 1. The maximum Gasteiger partial charge on any atom is 0.306 e. The third-order valence-corrected chi connectivity index (χ3v) is 2.42. The molecule has 11 heavy (non-hydrogen) atoms. The highest BCUT2D eigenvalue weighted by Crippen LogP contribution is 2.14. The summed E-state index contributed by atoms with van der Waals surface area (Å²) in [6.07, 6.45) is 0. The normalized spacial score (nSPS) is 18.9. The highest BCUT2D eigenvalue weighted by molar-refractivity contribution is 5.69. The van der Waals surface area contributed by atoms with Gasteiger partial charge in [-0.3, -0.25) is 4.79 Å². The van der Waals surface area contributed by atoms with Gasteiger partial charge in [0.05, 0.1) is 5.92 Å². The Morgan fingerprint density at radius 1 is 1.36 bits per heavy atom. The van der Waals surface area contributed by atoms with Crippen molar-refractivity contribution in [2.75, 3.05) is 7.05 Å². The van der Waals surface area contributed by atoms with Crippen LogP contribution in [0.2, 0.25) is 0 Å². The molecule has 3 heteroatoms. The van der Waals surface area contributed by atoms with Crippen molar-refractivity contribution in [3.05, 3.63) is 0 Å². The van der Waals surface area contributed by atoms with Gasteiger partial charge in [0.1, 0.15) is 0 Å². The number of rotatable bonds is 4. The molecule has 0 aromatic heterocycles. The molecule has 0 bridgehead atoms. The van der Waals surface area contributed by atoms with Crippen LogP contribution in [-0.2, 0) is 4.79 Å². The van der Waals surface area contributed by atoms with E-state index in [1.165, 1.54) is 0 Å². The summed E-state index contributed by atoms with van der Waals surface area (Å²) in [5, 5.41) is 11.7. The summed E-state index contributed by atoms with van der Waals surface area (Å²) < 4.78 is 0. The maximum atomic E-state index is 10.5. The molecule has 0 aromatic rings. The Labute approximate surface area is 67.8 Å². The highest BCUT2D eigenvalue weighted by atomic mass is 16.4. The van der Waals surface area contributed by atoms with Crippen LogP contribution in [0.3, 0.4) is 0 Å². The Bertz CT molecular complexity index is 136. The fourth-order valence-electron chi connectivity index (χ4n) is 0.921. The monoisotopic (exact) mass is 159 g/mol. The molecule has 0 rings (SSSR count). The number of aliphatic carboxylic acids is 1. The Morgan fingerprint density at radius 3 is 2.09 bits per heavy atom. The molecule has 0 fully saturated rings. The van der Waals surface area contributed by atoms with E-state index < -0.39 is 5.97 Å². The van der Waals surface area contributed by atoms with Crippen LogP contribution >= 0.6 is 0 Å². The summed E-state index contributed by atoms with van der Waals surface area (Å²) >= 11 is 0. The summed E-state index contributed by atoms with van der Waals surface area (Å²) in [7, 11) is 1.84.